The lowest BCUT2D eigenvalue weighted by Gasteiger charge is -2.39. The summed E-state index contributed by atoms with van der Waals surface area (Å²) in [6.07, 6.45) is 3.59. The summed E-state index contributed by atoms with van der Waals surface area (Å²) in [7, 11) is 0. The number of amides is 1. The van der Waals surface area contributed by atoms with Crippen LogP contribution in [0.15, 0.2) is 54.9 Å². The standard InChI is InChI=1S/C31H36FN7O2/c1-21-4-5-24(16-23(21)19-37-11-9-34-31(2,3)20-37)35-30-33-18-22-8-10-39(28(22)36-30)25-6-7-26(27(32)17-25)29(40)38-12-14-41-15-13-38/h4-8,10,16-18,34H,9,11-15,19-20H2,1-3H3,(H,33,35,36). The zero-order chi connectivity index (χ0) is 28.6. The van der Waals surface area contributed by atoms with E-state index in [4.69, 9.17) is 9.72 Å². The molecule has 2 aliphatic rings. The van der Waals surface area contributed by atoms with E-state index in [2.05, 4.69) is 53.4 Å². The van der Waals surface area contributed by atoms with Gasteiger partial charge in [0.2, 0.25) is 5.95 Å². The van der Waals surface area contributed by atoms with E-state index in [0.29, 0.717) is 43.6 Å². The van der Waals surface area contributed by atoms with Crippen molar-refractivity contribution in [1.29, 1.82) is 0 Å². The van der Waals surface area contributed by atoms with Gasteiger partial charge in [-0.2, -0.15) is 4.98 Å². The zero-order valence-corrected chi connectivity index (χ0v) is 23.8. The number of aryl methyl sites for hydroxylation is 1. The molecule has 9 nitrogen and oxygen atoms in total. The molecule has 0 spiro atoms. The fourth-order valence-corrected chi connectivity index (χ4v) is 5.62. The van der Waals surface area contributed by atoms with Crippen LogP contribution in [0.1, 0.15) is 35.3 Å². The number of carbonyl (C=O) groups is 1. The highest BCUT2D eigenvalue weighted by molar-refractivity contribution is 5.95. The van der Waals surface area contributed by atoms with E-state index in [-0.39, 0.29) is 17.0 Å². The molecule has 0 bridgehead atoms. The molecule has 0 radical (unpaired) electrons. The Balaban J connectivity index is 1.22. The van der Waals surface area contributed by atoms with Crippen LogP contribution < -0.4 is 10.6 Å². The smallest absolute Gasteiger partial charge is 0.256 e. The summed E-state index contributed by atoms with van der Waals surface area (Å²) >= 11 is 0. The molecule has 0 atom stereocenters. The number of fused-ring (bicyclic) bond motifs is 1. The minimum Gasteiger partial charge on any atom is -0.378 e. The highest BCUT2D eigenvalue weighted by Gasteiger charge is 2.26. The van der Waals surface area contributed by atoms with Crippen LogP contribution in [-0.2, 0) is 11.3 Å². The predicted octanol–water partition coefficient (Wildman–Crippen LogP) is 4.27. The lowest BCUT2D eigenvalue weighted by molar-refractivity contribution is 0.0300. The zero-order valence-electron chi connectivity index (χ0n) is 23.8. The van der Waals surface area contributed by atoms with Crippen LogP contribution in [0.2, 0.25) is 0 Å². The number of aromatic nitrogens is 3. The maximum Gasteiger partial charge on any atom is 0.256 e. The number of benzene rings is 2. The minimum atomic E-state index is -0.562. The second kappa shape index (κ2) is 11.2. The first-order valence-electron chi connectivity index (χ1n) is 14.1. The number of rotatable bonds is 6. The predicted molar refractivity (Wildman–Crippen MR) is 157 cm³/mol. The number of carbonyl (C=O) groups excluding carboxylic acids is 1. The average Bonchev–Trinajstić information content (AvgIpc) is 3.38. The van der Waals surface area contributed by atoms with Gasteiger partial charge in [-0.25, -0.2) is 9.37 Å². The molecule has 2 aliphatic heterocycles. The first-order chi connectivity index (χ1) is 19.8. The largest absolute Gasteiger partial charge is 0.378 e. The Morgan fingerprint density at radius 2 is 1.95 bits per heavy atom. The number of anilines is 2. The molecule has 6 rings (SSSR count). The summed E-state index contributed by atoms with van der Waals surface area (Å²) in [4.78, 5) is 26.2. The third-order valence-electron chi connectivity index (χ3n) is 7.84. The Morgan fingerprint density at radius 3 is 2.73 bits per heavy atom. The molecular formula is C31H36FN7O2. The van der Waals surface area contributed by atoms with Crippen LogP contribution >= 0.6 is 0 Å². The molecule has 2 N–H and O–H groups in total. The first kappa shape index (κ1) is 27.3. The van der Waals surface area contributed by atoms with Crippen molar-refractivity contribution in [2.45, 2.75) is 32.9 Å². The molecule has 0 saturated carbocycles. The van der Waals surface area contributed by atoms with Crippen LogP contribution in [0.3, 0.4) is 0 Å². The van der Waals surface area contributed by atoms with E-state index in [1.807, 2.05) is 18.3 Å². The Bertz CT molecular complexity index is 1580. The number of halogens is 1. The quantitative estimate of drug-likeness (QED) is 0.366. The van der Waals surface area contributed by atoms with Crippen molar-refractivity contribution in [3.8, 4) is 5.69 Å². The topological polar surface area (TPSA) is 87.5 Å². The lowest BCUT2D eigenvalue weighted by Crippen LogP contribution is -2.56. The molecule has 4 aromatic rings. The summed E-state index contributed by atoms with van der Waals surface area (Å²) in [6, 6.07) is 12.9. The monoisotopic (exact) mass is 557 g/mol. The first-order valence-corrected chi connectivity index (χ1v) is 14.1. The molecule has 214 valence electrons. The molecule has 10 heteroatoms. The van der Waals surface area contributed by atoms with Gasteiger partial charge in [0.05, 0.1) is 18.8 Å². The van der Waals surface area contributed by atoms with Crippen LogP contribution in [-0.4, -0.2) is 81.7 Å². The maximum absolute atomic E-state index is 15.2. The number of hydrogen-bond donors (Lipinski definition) is 2. The van der Waals surface area contributed by atoms with Crippen molar-refractivity contribution in [1.82, 2.24) is 29.7 Å². The number of ether oxygens (including phenoxy) is 1. The number of nitrogens with one attached hydrogen (secondary N) is 2. The van der Waals surface area contributed by atoms with Gasteiger partial charge in [-0.05, 0) is 68.3 Å². The summed E-state index contributed by atoms with van der Waals surface area (Å²) < 4.78 is 22.3. The fraction of sp³-hybridized carbons (Fsp3) is 0.387. The molecule has 41 heavy (non-hydrogen) atoms. The normalized spacial score (nSPS) is 17.6. The van der Waals surface area contributed by atoms with Gasteiger partial charge in [0.25, 0.3) is 5.91 Å². The Hall–Kier alpha value is -3.86. The second-order valence-electron chi connectivity index (χ2n) is 11.5. The molecule has 2 fully saturated rings. The Morgan fingerprint density at radius 1 is 1.12 bits per heavy atom. The SMILES string of the molecule is Cc1ccc(Nc2ncc3ccn(-c4ccc(C(=O)N5CCOCC5)c(F)c4)c3n2)cc1CN1CCNC(C)(C)C1. The number of hydrogen-bond acceptors (Lipinski definition) is 7. The van der Waals surface area contributed by atoms with E-state index in [0.717, 1.165) is 37.3 Å². The van der Waals surface area contributed by atoms with Gasteiger partial charge in [0.1, 0.15) is 11.5 Å². The van der Waals surface area contributed by atoms with Crippen LogP contribution in [0.4, 0.5) is 16.0 Å². The number of morpholine rings is 1. The van der Waals surface area contributed by atoms with Gasteiger partial charge in [-0.15, -0.1) is 0 Å². The Labute approximate surface area is 239 Å². The van der Waals surface area contributed by atoms with Crippen LogP contribution in [0.25, 0.3) is 16.7 Å². The second-order valence-corrected chi connectivity index (χ2v) is 11.5. The molecular weight excluding hydrogens is 521 g/mol. The fourth-order valence-electron chi connectivity index (χ4n) is 5.62. The molecule has 0 aliphatic carbocycles. The summed E-state index contributed by atoms with van der Waals surface area (Å²) in [5, 5.41) is 7.76. The van der Waals surface area contributed by atoms with Crippen molar-refractivity contribution in [3.63, 3.8) is 0 Å². The third kappa shape index (κ3) is 5.95. The third-order valence-corrected chi connectivity index (χ3v) is 7.84. The maximum atomic E-state index is 15.2. The molecule has 2 aromatic heterocycles. The van der Waals surface area contributed by atoms with Crippen molar-refractivity contribution in [3.05, 3.63) is 77.4 Å². The number of piperazine rings is 1. The summed E-state index contributed by atoms with van der Waals surface area (Å²) in [6.45, 7) is 12.3. The average molecular weight is 558 g/mol. The highest BCUT2D eigenvalue weighted by Crippen LogP contribution is 2.25. The Kier molecular flexibility index (Phi) is 7.46. The van der Waals surface area contributed by atoms with Crippen molar-refractivity contribution in [2.24, 2.45) is 0 Å². The molecule has 2 aromatic carbocycles. The van der Waals surface area contributed by atoms with Crippen molar-refractivity contribution < 1.29 is 13.9 Å². The molecule has 4 heterocycles. The van der Waals surface area contributed by atoms with E-state index in [1.54, 1.807) is 27.8 Å². The number of nitrogens with zero attached hydrogens (tertiary/aromatic N) is 5. The van der Waals surface area contributed by atoms with Crippen LogP contribution in [0.5, 0.6) is 0 Å². The van der Waals surface area contributed by atoms with Gasteiger partial charge in [0, 0.05) is 74.0 Å². The van der Waals surface area contributed by atoms with Gasteiger partial charge in [-0.1, -0.05) is 6.07 Å². The van der Waals surface area contributed by atoms with Gasteiger partial charge in [0.15, 0.2) is 0 Å². The van der Waals surface area contributed by atoms with Crippen molar-refractivity contribution >= 4 is 28.6 Å². The van der Waals surface area contributed by atoms with Gasteiger partial charge < -0.3 is 24.8 Å². The van der Waals surface area contributed by atoms with E-state index < -0.39 is 5.82 Å². The van der Waals surface area contributed by atoms with Gasteiger partial charge >= 0.3 is 0 Å². The van der Waals surface area contributed by atoms with Crippen molar-refractivity contribution in [2.75, 3.05) is 51.3 Å². The van der Waals surface area contributed by atoms with Crippen LogP contribution in [0, 0.1) is 12.7 Å². The summed E-state index contributed by atoms with van der Waals surface area (Å²) in [5.41, 5.74) is 4.80. The molecule has 2 saturated heterocycles. The lowest BCUT2D eigenvalue weighted by atomic mass is 10.0. The molecule has 1 amide bonds. The van der Waals surface area contributed by atoms with Gasteiger partial charge in [-0.3, -0.25) is 9.69 Å². The van der Waals surface area contributed by atoms with E-state index in [1.165, 1.54) is 17.2 Å². The van der Waals surface area contributed by atoms with E-state index >= 15 is 4.39 Å². The minimum absolute atomic E-state index is 0.0589. The highest BCUT2D eigenvalue weighted by atomic mass is 19.1. The molecule has 0 unspecified atom stereocenters. The van der Waals surface area contributed by atoms with E-state index in [9.17, 15) is 4.79 Å². The summed E-state index contributed by atoms with van der Waals surface area (Å²) in [5.74, 6) is -0.426.